The van der Waals surface area contributed by atoms with Crippen molar-refractivity contribution in [3.63, 3.8) is 0 Å². The van der Waals surface area contributed by atoms with E-state index < -0.39 is 0 Å². The van der Waals surface area contributed by atoms with Crippen LogP contribution in [0.15, 0.2) is 42.5 Å². The standard InChI is InChI=1S/C24H33N3O2S/c1-18-5-8-20(9-6-18)25-24(30)27(21-12-14-26(2)15-13-21)16-11-19-7-10-22(28-3)23(17-19)29-4/h5-10,17,21H,11-16H2,1-4H3,(H,25,30). The molecule has 162 valence electrons. The summed E-state index contributed by atoms with van der Waals surface area (Å²) in [6, 6.07) is 15.0. The Morgan fingerprint density at radius 2 is 1.73 bits per heavy atom. The molecule has 0 atom stereocenters. The van der Waals surface area contributed by atoms with Gasteiger partial charge < -0.3 is 24.6 Å². The fourth-order valence-corrected chi connectivity index (χ4v) is 4.23. The Labute approximate surface area is 186 Å². The van der Waals surface area contributed by atoms with Crippen molar-refractivity contribution >= 4 is 23.0 Å². The molecule has 0 amide bonds. The van der Waals surface area contributed by atoms with E-state index in [0.717, 1.165) is 61.2 Å². The molecule has 0 aromatic heterocycles. The number of benzene rings is 2. The molecule has 0 spiro atoms. The molecular weight excluding hydrogens is 394 g/mol. The number of anilines is 1. The SMILES string of the molecule is COc1ccc(CCN(C(=S)Nc2ccc(C)cc2)C2CCN(C)CC2)cc1OC. The van der Waals surface area contributed by atoms with Crippen molar-refractivity contribution in [1.29, 1.82) is 0 Å². The fourth-order valence-electron chi connectivity index (χ4n) is 3.87. The van der Waals surface area contributed by atoms with Gasteiger partial charge in [-0.1, -0.05) is 23.8 Å². The molecule has 0 aliphatic carbocycles. The van der Waals surface area contributed by atoms with Gasteiger partial charge in [0.1, 0.15) is 0 Å². The maximum Gasteiger partial charge on any atom is 0.173 e. The lowest BCUT2D eigenvalue weighted by atomic mass is 10.0. The highest BCUT2D eigenvalue weighted by Crippen LogP contribution is 2.28. The van der Waals surface area contributed by atoms with Crippen LogP contribution in [0.5, 0.6) is 11.5 Å². The second-order valence-corrected chi connectivity index (χ2v) is 8.35. The third-order valence-electron chi connectivity index (χ3n) is 5.78. The van der Waals surface area contributed by atoms with Crippen LogP contribution in [0.2, 0.25) is 0 Å². The van der Waals surface area contributed by atoms with Gasteiger partial charge in [-0.25, -0.2) is 0 Å². The minimum atomic E-state index is 0.451. The predicted molar refractivity (Wildman–Crippen MR) is 128 cm³/mol. The molecule has 30 heavy (non-hydrogen) atoms. The number of aryl methyl sites for hydroxylation is 1. The molecule has 1 aliphatic heterocycles. The third kappa shape index (κ3) is 5.86. The topological polar surface area (TPSA) is 37.0 Å². The monoisotopic (exact) mass is 427 g/mol. The zero-order valence-electron chi connectivity index (χ0n) is 18.5. The van der Waals surface area contributed by atoms with Crippen LogP contribution in [0.3, 0.4) is 0 Å². The smallest absolute Gasteiger partial charge is 0.173 e. The molecule has 2 aromatic carbocycles. The predicted octanol–water partition coefficient (Wildman–Crippen LogP) is 4.35. The number of nitrogens with zero attached hydrogens (tertiary/aromatic N) is 2. The third-order valence-corrected chi connectivity index (χ3v) is 6.12. The number of hydrogen-bond acceptors (Lipinski definition) is 4. The van der Waals surface area contributed by atoms with Crippen molar-refractivity contribution < 1.29 is 9.47 Å². The van der Waals surface area contributed by atoms with E-state index in [-0.39, 0.29) is 0 Å². The van der Waals surface area contributed by atoms with Gasteiger partial charge in [0.2, 0.25) is 0 Å². The van der Waals surface area contributed by atoms with Crippen molar-refractivity contribution in [2.45, 2.75) is 32.2 Å². The van der Waals surface area contributed by atoms with Gasteiger partial charge >= 0.3 is 0 Å². The van der Waals surface area contributed by atoms with Gasteiger partial charge in [0, 0.05) is 18.3 Å². The Morgan fingerprint density at radius 3 is 2.37 bits per heavy atom. The van der Waals surface area contributed by atoms with E-state index >= 15 is 0 Å². The second kappa shape index (κ2) is 10.6. The first-order valence-electron chi connectivity index (χ1n) is 10.5. The van der Waals surface area contributed by atoms with Gasteiger partial charge in [-0.3, -0.25) is 0 Å². The molecule has 2 aromatic rings. The fraction of sp³-hybridized carbons (Fsp3) is 0.458. The number of ether oxygens (including phenoxy) is 2. The van der Waals surface area contributed by atoms with E-state index in [1.54, 1.807) is 14.2 Å². The lowest BCUT2D eigenvalue weighted by Gasteiger charge is -2.39. The molecule has 0 saturated carbocycles. The van der Waals surface area contributed by atoms with Crippen LogP contribution in [0, 0.1) is 6.92 Å². The van der Waals surface area contributed by atoms with Crippen LogP contribution < -0.4 is 14.8 Å². The van der Waals surface area contributed by atoms with Crippen molar-refractivity contribution in [1.82, 2.24) is 9.80 Å². The summed E-state index contributed by atoms with van der Waals surface area (Å²) in [7, 11) is 5.52. The number of likely N-dealkylation sites (tertiary alicyclic amines) is 1. The van der Waals surface area contributed by atoms with Crippen molar-refractivity contribution in [3.05, 3.63) is 53.6 Å². The first-order chi connectivity index (χ1) is 14.5. The quantitative estimate of drug-likeness (QED) is 0.662. The Bertz CT molecular complexity index is 833. The van der Waals surface area contributed by atoms with Gasteiger partial charge in [0.05, 0.1) is 14.2 Å². The van der Waals surface area contributed by atoms with E-state index in [1.807, 2.05) is 6.07 Å². The number of rotatable bonds is 7. The van der Waals surface area contributed by atoms with Gasteiger partial charge in [-0.05, 0) is 88.4 Å². The summed E-state index contributed by atoms with van der Waals surface area (Å²) in [5.74, 6) is 1.52. The average molecular weight is 428 g/mol. The Morgan fingerprint density at radius 1 is 1.07 bits per heavy atom. The molecule has 0 radical (unpaired) electrons. The molecule has 6 heteroatoms. The first kappa shape index (κ1) is 22.4. The summed E-state index contributed by atoms with van der Waals surface area (Å²) in [5.41, 5.74) is 3.49. The molecule has 0 unspecified atom stereocenters. The van der Waals surface area contributed by atoms with Crippen LogP contribution in [0.1, 0.15) is 24.0 Å². The minimum Gasteiger partial charge on any atom is -0.493 e. The molecule has 1 aliphatic rings. The number of piperidine rings is 1. The number of thiocarbonyl (C=S) groups is 1. The van der Waals surface area contributed by atoms with Crippen molar-refractivity contribution in [2.24, 2.45) is 0 Å². The second-order valence-electron chi connectivity index (χ2n) is 7.96. The Balaban J connectivity index is 1.72. The minimum absolute atomic E-state index is 0.451. The molecular formula is C24H33N3O2S. The molecule has 1 fully saturated rings. The Kier molecular flexibility index (Phi) is 7.94. The summed E-state index contributed by atoms with van der Waals surface area (Å²) < 4.78 is 10.8. The lowest BCUT2D eigenvalue weighted by molar-refractivity contribution is 0.178. The highest BCUT2D eigenvalue weighted by Gasteiger charge is 2.25. The zero-order valence-corrected chi connectivity index (χ0v) is 19.3. The first-order valence-corrected chi connectivity index (χ1v) is 10.9. The average Bonchev–Trinajstić information content (AvgIpc) is 2.76. The molecule has 3 rings (SSSR count). The largest absolute Gasteiger partial charge is 0.493 e. The van der Waals surface area contributed by atoms with Gasteiger partial charge in [0.25, 0.3) is 0 Å². The van der Waals surface area contributed by atoms with E-state index in [9.17, 15) is 0 Å². The summed E-state index contributed by atoms with van der Waals surface area (Å²) in [6.45, 7) is 5.16. The van der Waals surface area contributed by atoms with E-state index in [0.29, 0.717) is 6.04 Å². The van der Waals surface area contributed by atoms with E-state index in [4.69, 9.17) is 21.7 Å². The summed E-state index contributed by atoms with van der Waals surface area (Å²) in [6.07, 6.45) is 3.14. The molecule has 1 heterocycles. The van der Waals surface area contributed by atoms with Crippen LogP contribution in [0.25, 0.3) is 0 Å². The molecule has 1 N–H and O–H groups in total. The Hall–Kier alpha value is -2.31. The van der Waals surface area contributed by atoms with Crippen LogP contribution in [-0.4, -0.2) is 61.9 Å². The number of methoxy groups -OCH3 is 2. The highest BCUT2D eigenvalue weighted by molar-refractivity contribution is 7.80. The maximum atomic E-state index is 5.86. The van der Waals surface area contributed by atoms with E-state index in [2.05, 4.69) is 65.5 Å². The highest BCUT2D eigenvalue weighted by atomic mass is 32.1. The summed E-state index contributed by atoms with van der Waals surface area (Å²) in [4.78, 5) is 4.76. The van der Waals surface area contributed by atoms with Gasteiger partial charge in [0.15, 0.2) is 16.6 Å². The van der Waals surface area contributed by atoms with E-state index in [1.165, 1.54) is 11.1 Å². The van der Waals surface area contributed by atoms with Crippen LogP contribution >= 0.6 is 12.2 Å². The number of hydrogen-bond donors (Lipinski definition) is 1. The molecule has 1 saturated heterocycles. The van der Waals surface area contributed by atoms with Crippen molar-refractivity contribution in [3.8, 4) is 11.5 Å². The number of nitrogens with one attached hydrogen (secondary N) is 1. The van der Waals surface area contributed by atoms with Gasteiger partial charge in [-0.2, -0.15) is 0 Å². The van der Waals surface area contributed by atoms with Crippen LogP contribution in [0.4, 0.5) is 5.69 Å². The summed E-state index contributed by atoms with van der Waals surface area (Å²) >= 11 is 5.86. The molecule has 0 bridgehead atoms. The lowest BCUT2D eigenvalue weighted by Crippen LogP contribution is -2.48. The normalized spacial score (nSPS) is 14.9. The zero-order chi connectivity index (χ0) is 21.5. The van der Waals surface area contributed by atoms with Crippen LogP contribution in [-0.2, 0) is 6.42 Å². The summed E-state index contributed by atoms with van der Waals surface area (Å²) in [5, 5.41) is 4.25. The maximum absolute atomic E-state index is 5.86. The van der Waals surface area contributed by atoms with Crippen molar-refractivity contribution in [2.75, 3.05) is 46.2 Å². The molecule has 5 nitrogen and oxygen atoms in total. The van der Waals surface area contributed by atoms with Gasteiger partial charge in [-0.15, -0.1) is 0 Å².